The van der Waals surface area contributed by atoms with E-state index in [9.17, 15) is 9.18 Å². The van der Waals surface area contributed by atoms with Gasteiger partial charge in [0.15, 0.2) is 12.1 Å². The molecule has 3 rings (SSSR count). The van der Waals surface area contributed by atoms with Crippen molar-refractivity contribution < 1.29 is 13.9 Å². The molecular formula is C23H29FO2. The fraction of sp³-hybridized carbons (Fsp3) is 0.522. The Hall–Kier alpha value is -1.90. The van der Waals surface area contributed by atoms with Crippen LogP contribution in [0.3, 0.4) is 0 Å². The molecule has 1 aromatic carbocycles. The van der Waals surface area contributed by atoms with Gasteiger partial charge in [0.05, 0.1) is 6.61 Å². The van der Waals surface area contributed by atoms with Gasteiger partial charge in [-0.15, -0.1) is 0 Å². The van der Waals surface area contributed by atoms with Crippen LogP contribution in [0.4, 0.5) is 4.39 Å². The fourth-order valence-corrected chi connectivity index (χ4v) is 3.63. The zero-order chi connectivity index (χ0) is 19.1. The number of allylic oxidation sites excluding steroid dienone is 4. The molecule has 0 aliphatic heterocycles. The molecule has 0 amide bonds. The van der Waals surface area contributed by atoms with Gasteiger partial charge in [0, 0.05) is 5.56 Å². The Morgan fingerprint density at radius 1 is 1.35 bits per heavy atom. The Morgan fingerprint density at radius 3 is 2.62 bits per heavy atom. The minimum absolute atomic E-state index is 0.00473. The molecule has 1 aromatic rings. The van der Waals surface area contributed by atoms with E-state index in [2.05, 4.69) is 39.8 Å². The van der Waals surface area contributed by atoms with E-state index in [4.69, 9.17) is 4.74 Å². The maximum Gasteiger partial charge on any atom is 0.178 e. The Kier molecular flexibility index (Phi) is 5.09. The fourth-order valence-electron chi connectivity index (χ4n) is 3.63. The average Bonchev–Trinajstić information content (AvgIpc) is 3.42. The van der Waals surface area contributed by atoms with Crippen molar-refractivity contribution in [3.63, 3.8) is 0 Å². The lowest BCUT2D eigenvalue weighted by molar-refractivity contribution is -0.106. The summed E-state index contributed by atoms with van der Waals surface area (Å²) in [5.41, 5.74) is 4.73. The van der Waals surface area contributed by atoms with Gasteiger partial charge in [-0.2, -0.15) is 0 Å². The summed E-state index contributed by atoms with van der Waals surface area (Å²) < 4.78 is 20.2. The summed E-state index contributed by atoms with van der Waals surface area (Å²) in [6.45, 7) is 11.1. The molecular weight excluding hydrogens is 327 g/mol. The van der Waals surface area contributed by atoms with Gasteiger partial charge in [0.2, 0.25) is 0 Å². The number of carbonyl (C=O) groups excluding carboxylic acids is 1. The third-order valence-corrected chi connectivity index (χ3v) is 5.65. The largest absolute Gasteiger partial charge is 0.493 e. The van der Waals surface area contributed by atoms with Crippen LogP contribution in [-0.4, -0.2) is 12.9 Å². The summed E-state index contributed by atoms with van der Waals surface area (Å²) in [7, 11) is 0. The molecule has 0 atom stereocenters. The van der Waals surface area contributed by atoms with Crippen molar-refractivity contribution in [3.05, 3.63) is 40.7 Å². The number of hydrogen-bond donors (Lipinski definition) is 0. The molecule has 0 radical (unpaired) electrons. The Labute approximate surface area is 156 Å². The van der Waals surface area contributed by atoms with E-state index in [1.54, 1.807) is 6.92 Å². The molecule has 2 nitrogen and oxygen atoms in total. The second-order valence-corrected chi connectivity index (χ2v) is 8.64. The molecule has 0 spiro atoms. The van der Waals surface area contributed by atoms with Gasteiger partial charge in [-0.25, -0.2) is 4.39 Å². The summed E-state index contributed by atoms with van der Waals surface area (Å²) in [4.78, 5) is 11.0. The number of rotatable bonds is 6. The molecule has 140 valence electrons. The second kappa shape index (κ2) is 7.02. The van der Waals surface area contributed by atoms with Crippen molar-refractivity contribution in [1.82, 2.24) is 0 Å². The van der Waals surface area contributed by atoms with Gasteiger partial charge in [0.25, 0.3) is 0 Å². The molecule has 3 heteroatoms. The summed E-state index contributed by atoms with van der Waals surface area (Å²) in [5, 5.41) is 0. The quantitative estimate of drug-likeness (QED) is 0.455. The highest BCUT2D eigenvalue weighted by atomic mass is 19.1. The van der Waals surface area contributed by atoms with Crippen LogP contribution in [-0.2, 0) is 10.2 Å². The number of fused-ring (bicyclic) bond motifs is 1. The molecule has 1 fully saturated rings. The molecule has 2 aliphatic rings. The number of hydrogen-bond acceptors (Lipinski definition) is 2. The van der Waals surface area contributed by atoms with Gasteiger partial charge >= 0.3 is 0 Å². The zero-order valence-corrected chi connectivity index (χ0v) is 16.5. The first-order valence-electron chi connectivity index (χ1n) is 9.58. The molecule has 0 bridgehead atoms. The normalized spacial score (nSPS) is 19.6. The number of aldehydes is 1. The van der Waals surface area contributed by atoms with E-state index in [1.807, 2.05) is 6.07 Å². The zero-order valence-electron chi connectivity index (χ0n) is 16.5. The monoisotopic (exact) mass is 356 g/mol. The van der Waals surface area contributed by atoms with Crippen LogP contribution in [0.5, 0.6) is 5.75 Å². The lowest BCUT2D eigenvalue weighted by Gasteiger charge is -2.34. The van der Waals surface area contributed by atoms with Crippen molar-refractivity contribution in [1.29, 1.82) is 0 Å². The number of carbonyl (C=O) groups is 1. The first kappa shape index (κ1) is 18.9. The van der Waals surface area contributed by atoms with E-state index >= 15 is 0 Å². The second-order valence-electron chi connectivity index (χ2n) is 8.64. The predicted molar refractivity (Wildman–Crippen MR) is 105 cm³/mol. The van der Waals surface area contributed by atoms with E-state index in [-0.39, 0.29) is 11.7 Å². The highest BCUT2D eigenvalue weighted by molar-refractivity contribution is 5.88. The van der Waals surface area contributed by atoms with Crippen molar-refractivity contribution in [2.45, 2.75) is 59.3 Å². The minimum atomic E-state index is -0.730. The van der Waals surface area contributed by atoms with E-state index in [0.717, 1.165) is 12.0 Å². The third-order valence-electron chi connectivity index (χ3n) is 5.65. The van der Waals surface area contributed by atoms with Crippen LogP contribution in [0.25, 0.3) is 11.1 Å². The Bertz CT molecular complexity index is 780. The van der Waals surface area contributed by atoms with E-state index < -0.39 is 5.83 Å². The van der Waals surface area contributed by atoms with Gasteiger partial charge in [-0.3, -0.25) is 4.79 Å². The van der Waals surface area contributed by atoms with Crippen LogP contribution in [0, 0.1) is 11.8 Å². The summed E-state index contributed by atoms with van der Waals surface area (Å²) in [6, 6.07) is 4.12. The molecule has 2 aliphatic carbocycles. The van der Waals surface area contributed by atoms with Gasteiger partial charge in [-0.05, 0) is 77.8 Å². The van der Waals surface area contributed by atoms with Crippen LogP contribution in [0.2, 0.25) is 0 Å². The van der Waals surface area contributed by atoms with Crippen molar-refractivity contribution in [2.75, 3.05) is 6.61 Å². The number of ether oxygens (including phenoxy) is 1. The van der Waals surface area contributed by atoms with E-state index in [1.165, 1.54) is 24.0 Å². The van der Waals surface area contributed by atoms with Gasteiger partial charge in [-0.1, -0.05) is 33.8 Å². The Morgan fingerprint density at radius 2 is 2.04 bits per heavy atom. The smallest absolute Gasteiger partial charge is 0.178 e. The summed E-state index contributed by atoms with van der Waals surface area (Å²) in [6.07, 6.45) is 5.96. The lowest BCUT2D eigenvalue weighted by Crippen LogP contribution is -2.23. The SMILES string of the molecule is C/C(=C(\F)C=O)c1cc2c(cc1OCC1CC1)C(C)(C)CC=C2C(C)C. The van der Waals surface area contributed by atoms with Gasteiger partial charge in [0.1, 0.15) is 5.75 Å². The van der Waals surface area contributed by atoms with E-state index in [0.29, 0.717) is 35.3 Å². The first-order valence-corrected chi connectivity index (χ1v) is 9.58. The Balaban J connectivity index is 2.17. The molecule has 26 heavy (non-hydrogen) atoms. The lowest BCUT2D eigenvalue weighted by atomic mass is 9.71. The highest BCUT2D eigenvalue weighted by Crippen LogP contribution is 2.45. The van der Waals surface area contributed by atoms with Crippen molar-refractivity contribution in [3.8, 4) is 5.75 Å². The van der Waals surface area contributed by atoms with Gasteiger partial charge < -0.3 is 4.74 Å². The predicted octanol–water partition coefficient (Wildman–Crippen LogP) is 6.10. The maximum absolute atomic E-state index is 14.1. The topological polar surface area (TPSA) is 26.3 Å². The summed E-state index contributed by atoms with van der Waals surface area (Å²) in [5.74, 6) is 0.962. The molecule has 0 heterocycles. The van der Waals surface area contributed by atoms with Crippen molar-refractivity contribution >= 4 is 17.4 Å². The number of halogens is 1. The molecule has 0 aromatic heterocycles. The van der Waals surface area contributed by atoms with Crippen LogP contribution in [0.1, 0.15) is 70.6 Å². The average molecular weight is 356 g/mol. The molecule has 0 N–H and O–H groups in total. The molecule has 0 saturated heterocycles. The first-order chi connectivity index (χ1) is 12.2. The van der Waals surface area contributed by atoms with Crippen LogP contribution < -0.4 is 4.74 Å². The third kappa shape index (κ3) is 3.62. The highest BCUT2D eigenvalue weighted by Gasteiger charge is 2.31. The summed E-state index contributed by atoms with van der Waals surface area (Å²) >= 11 is 0. The van der Waals surface area contributed by atoms with Crippen molar-refractivity contribution in [2.24, 2.45) is 11.8 Å². The number of benzene rings is 1. The minimum Gasteiger partial charge on any atom is -0.493 e. The molecule has 0 unspecified atom stereocenters. The maximum atomic E-state index is 14.1. The molecule has 1 saturated carbocycles. The van der Waals surface area contributed by atoms with Crippen LogP contribution >= 0.6 is 0 Å². The standard InChI is InChI=1S/C23H29FO2/c1-14(2)17-8-9-23(4,5)20-11-22(26-13-16-6-7-16)18(10-19(17)20)15(3)21(24)12-25/h8,10-12,14,16H,6-7,9,13H2,1-5H3/b21-15+. The van der Waals surface area contributed by atoms with Crippen LogP contribution in [0.15, 0.2) is 24.0 Å².